The van der Waals surface area contributed by atoms with E-state index in [1.54, 1.807) is 30.5 Å². The van der Waals surface area contributed by atoms with Gasteiger partial charge in [0.2, 0.25) is 11.2 Å². The van der Waals surface area contributed by atoms with Gasteiger partial charge in [0.15, 0.2) is 5.76 Å². The number of rotatable bonds is 6. The zero-order valence-corrected chi connectivity index (χ0v) is 13.6. The van der Waals surface area contributed by atoms with Crippen LogP contribution in [0.5, 0.6) is 5.75 Å². The zero-order valence-electron chi connectivity index (χ0n) is 13.6. The van der Waals surface area contributed by atoms with Crippen molar-refractivity contribution < 1.29 is 18.3 Å². The lowest BCUT2D eigenvalue weighted by atomic mass is 10.2. The van der Waals surface area contributed by atoms with Gasteiger partial charge in [-0.2, -0.15) is 0 Å². The Morgan fingerprint density at radius 2 is 2.00 bits per heavy atom. The number of pyridine rings is 1. The number of nitrogens with one attached hydrogen (secondary N) is 1. The smallest absolute Gasteiger partial charge is 0.287 e. The molecule has 0 aliphatic carbocycles. The van der Waals surface area contributed by atoms with Crippen molar-refractivity contribution in [3.8, 4) is 5.75 Å². The lowest BCUT2D eigenvalue weighted by Gasteiger charge is -2.07. The minimum Gasteiger partial charge on any atom is -0.482 e. The molecule has 7 heteroatoms. The summed E-state index contributed by atoms with van der Waals surface area (Å²) in [5, 5.41) is 2.61. The average Bonchev–Trinajstić information content (AvgIpc) is 2.67. The van der Waals surface area contributed by atoms with E-state index in [4.69, 9.17) is 9.15 Å². The number of aromatic nitrogens is 1. The van der Waals surface area contributed by atoms with Crippen molar-refractivity contribution in [2.24, 2.45) is 0 Å². The molecule has 3 rings (SSSR count). The van der Waals surface area contributed by atoms with E-state index in [0.29, 0.717) is 11.3 Å². The van der Waals surface area contributed by atoms with Crippen LogP contribution >= 0.6 is 0 Å². The Morgan fingerprint density at radius 1 is 1.19 bits per heavy atom. The van der Waals surface area contributed by atoms with Gasteiger partial charge in [-0.15, -0.1) is 0 Å². The van der Waals surface area contributed by atoms with Gasteiger partial charge in [0.1, 0.15) is 18.7 Å². The van der Waals surface area contributed by atoms with E-state index in [0.717, 1.165) is 12.3 Å². The maximum Gasteiger partial charge on any atom is 0.287 e. The van der Waals surface area contributed by atoms with Crippen molar-refractivity contribution in [1.29, 1.82) is 0 Å². The Labute approximate surface area is 148 Å². The van der Waals surface area contributed by atoms with Crippen molar-refractivity contribution >= 4 is 5.91 Å². The number of ether oxygens (including phenoxy) is 1. The third-order valence-corrected chi connectivity index (χ3v) is 3.49. The molecule has 0 aliphatic heterocycles. The molecule has 1 aromatic carbocycles. The second-order valence-corrected chi connectivity index (χ2v) is 5.39. The van der Waals surface area contributed by atoms with Gasteiger partial charge < -0.3 is 14.5 Å². The zero-order chi connectivity index (χ0) is 18.4. The molecule has 1 amide bonds. The van der Waals surface area contributed by atoms with Crippen LogP contribution in [-0.4, -0.2) is 10.9 Å². The molecule has 0 aliphatic rings. The first kappa shape index (κ1) is 17.3. The molecule has 0 bridgehead atoms. The van der Waals surface area contributed by atoms with E-state index < -0.39 is 11.3 Å². The maximum absolute atomic E-state index is 12.9. The van der Waals surface area contributed by atoms with E-state index >= 15 is 0 Å². The van der Waals surface area contributed by atoms with Crippen LogP contribution in [0.1, 0.15) is 21.8 Å². The normalized spacial score (nSPS) is 10.3. The van der Waals surface area contributed by atoms with Crippen molar-refractivity contribution in [1.82, 2.24) is 10.3 Å². The lowest BCUT2D eigenvalue weighted by molar-refractivity contribution is 0.0919. The molecule has 0 spiro atoms. The second-order valence-electron chi connectivity index (χ2n) is 5.39. The number of amides is 1. The predicted molar refractivity (Wildman–Crippen MR) is 91.1 cm³/mol. The maximum atomic E-state index is 12.9. The molecule has 0 unspecified atom stereocenters. The highest BCUT2D eigenvalue weighted by molar-refractivity contribution is 5.91. The average molecular weight is 354 g/mol. The van der Waals surface area contributed by atoms with Crippen LogP contribution in [0, 0.1) is 5.82 Å². The van der Waals surface area contributed by atoms with Gasteiger partial charge in [0.05, 0.1) is 12.2 Å². The Hall–Kier alpha value is -3.48. The summed E-state index contributed by atoms with van der Waals surface area (Å²) in [4.78, 5) is 28.2. The first-order valence-electron chi connectivity index (χ1n) is 7.80. The predicted octanol–water partition coefficient (Wildman–Crippen LogP) is 2.68. The van der Waals surface area contributed by atoms with Crippen LogP contribution in [0.25, 0.3) is 0 Å². The molecule has 2 aromatic heterocycles. The quantitative estimate of drug-likeness (QED) is 0.736. The summed E-state index contributed by atoms with van der Waals surface area (Å²) in [7, 11) is 0. The molecule has 0 atom stereocenters. The fraction of sp³-hybridized carbons (Fsp3) is 0.105. The van der Waals surface area contributed by atoms with E-state index in [2.05, 4.69) is 10.3 Å². The Morgan fingerprint density at radius 3 is 2.69 bits per heavy atom. The highest BCUT2D eigenvalue weighted by Crippen LogP contribution is 2.10. The summed E-state index contributed by atoms with van der Waals surface area (Å²) < 4.78 is 23.4. The molecule has 3 aromatic rings. The van der Waals surface area contributed by atoms with E-state index in [1.807, 2.05) is 6.07 Å². The number of hydrogen-bond donors (Lipinski definition) is 1. The molecular weight excluding hydrogens is 339 g/mol. The number of carbonyl (C=O) groups excluding carboxylic acids is 1. The highest BCUT2D eigenvalue weighted by atomic mass is 19.1. The third-order valence-electron chi connectivity index (χ3n) is 3.49. The summed E-state index contributed by atoms with van der Waals surface area (Å²) in [6.45, 7) is 0.294. The van der Waals surface area contributed by atoms with Crippen molar-refractivity contribution in [3.05, 3.63) is 94.0 Å². The first-order valence-corrected chi connectivity index (χ1v) is 7.80. The molecule has 0 saturated carbocycles. The van der Waals surface area contributed by atoms with Crippen LogP contribution in [0.15, 0.2) is 70.2 Å². The number of carbonyl (C=O) groups is 1. The van der Waals surface area contributed by atoms with Gasteiger partial charge in [0, 0.05) is 12.3 Å². The number of nitrogens with zero attached hydrogens (tertiary/aromatic N) is 1. The minimum absolute atomic E-state index is 0.0319. The Kier molecular flexibility index (Phi) is 5.38. The van der Waals surface area contributed by atoms with E-state index in [9.17, 15) is 14.0 Å². The van der Waals surface area contributed by atoms with Crippen LogP contribution in [0.3, 0.4) is 0 Å². The first-order chi connectivity index (χ1) is 12.6. The molecule has 0 fully saturated rings. The topological polar surface area (TPSA) is 81.4 Å². The van der Waals surface area contributed by atoms with E-state index in [1.165, 1.54) is 12.1 Å². The molecule has 0 saturated heterocycles. The number of halogens is 1. The molecule has 6 nitrogen and oxygen atoms in total. The summed E-state index contributed by atoms with van der Waals surface area (Å²) in [5.74, 6) is -1.04. The Balaban J connectivity index is 1.60. The molecule has 1 N–H and O–H groups in total. The lowest BCUT2D eigenvalue weighted by Crippen LogP contribution is -2.24. The molecule has 26 heavy (non-hydrogen) atoms. The largest absolute Gasteiger partial charge is 0.482 e. The fourth-order valence-corrected chi connectivity index (χ4v) is 2.13. The summed E-state index contributed by atoms with van der Waals surface area (Å²) in [6.07, 6.45) is 2.70. The van der Waals surface area contributed by atoms with Crippen molar-refractivity contribution in [2.45, 2.75) is 13.2 Å². The fourth-order valence-electron chi connectivity index (χ4n) is 2.13. The summed E-state index contributed by atoms with van der Waals surface area (Å²) in [5.41, 5.74) is 0.895. The Bertz CT molecular complexity index is 940. The number of benzene rings is 1. The summed E-state index contributed by atoms with van der Waals surface area (Å²) in [6, 6.07) is 12.1. The molecule has 132 valence electrons. The van der Waals surface area contributed by atoms with Gasteiger partial charge >= 0.3 is 0 Å². The van der Waals surface area contributed by atoms with Gasteiger partial charge in [-0.25, -0.2) is 4.39 Å². The SMILES string of the molecule is O=C(NCc1ccccn1)c1cc(=O)c(OCc2ccc(F)cc2)co1. The monoisotopic (exact) mass is 354 g/mol. The van der Waals surface area contributed by atoms with Gasteiger partial charge in [0.25, 0.3) is 5.91 Å². The third kappa shape index (κ3) is 4.54. The molecule has 2 heterocycles. The van der Waals surface area contributed by atoms with Gasteiger partial charge in [-0.1, -0.05) is 18.2 Å². The van der Waals surface area contributed by atoms with E-state index in [-0.39, 0.29) is 30.5 Å². The standard InChI is InChI=1S/C19H15FN2O4/c20-14-6-4-13(5-7-14)11-25-18-12-26-17(9-16(18)23)19(24)22-10-15-3-1-2-8-21-15/h1-9,12H,10-11H2,(H,22,24). The molecular formula is C19H15FN2O4. The molecule has 0 radical (unpaired) electrons. The van der Waals surface area contributed by atoms with Crippen molar-refractivity contribution in [2.75, 3.05) is 0 Å². The van der Waals surface area contributed by atoms with Gasteiger partial charge in [-0.05, 0) is 29.8 Å². The highest BCUT2D eigenvalue weighted by Gasteiger charge is 2.12. The minimum atomic E-state index is -0.530. The number of hydrogen-bond acceptors (Lipinski definition) is 5. The van der Waals surface area contributed by atoms with Crippen LogP contribution in [0.4, 0.5) is 4.39 Å². The van der Waals surface area contributed by atoms with Crippen LogP contribution in [-0.2, 0) is 13.2 Å². The second kappa shape index (κ2) is 8.06. The van der Waals surface area contributed by atoms with Crippen LogP contribution < -0.4 is 15.5 Å². The van der Waals surface area contributed by atoms with Crippen molar-refractivity contribution in [3.63, 3.8) is 0 Å². The van der Waals surface area contributed by atoms with Gasteiger partial charge in [-0.3, -0.25) is 14.6 Å². The summed E-state index contributed by atoms with van der Waals surface area (Å²) >= 11 is 0. The van der Waals surface area contributed by atoms with Crippen LogP contribution in [0.2, 0.25) is 0 Å².